The van der Waals surface area contributed by atoms with E-state index in [1.54, 1.807) is 48.0 Å². The van der Waals surface area contributed by atoms with Crippen molar-refractivity contribution >= 4 is 38.6 Å². The molecule has 8 heteroatoms. The summed E-state index contributed by atoms with van der Waals surface area (Å²) in [5.41, 5.74) is 3.23. The molecule has 0 radical (unpaired) electrons. The Hall–Kier alpha value is -2.74. The Labute approximate surface area is 171 Å². The molecule has 0 saturated carbocycles. The van der Waals surface area contributed by atoms with Gasteiger partial charge in [-0.05, 0) is 48.5 Å². The number of thiazole rings is 1. The van der Waals surface area contributed by atoms with E-state index in [1.165, 1.54) is 12.1 Å². The average Bonchev–Trinajstić information content (AvgIpc) is 3.19. The lowest BCUT2D eigenvalue weighted by atomic mass is 10.1. The summed E-state index contributed by atoms with van der Waals surface area (Å²) in [6.07, 6.45) is 3.47. The number of aromatic nitrogens is 2. The van der Waals surface area contributed by atoms with E-state index < -0.39 is 10.0 Å². The number of benzene rings is 2. The molecule has 140 valence electrons. The maximum atomic E-state index is 12.5. The van der Waals surface area contributed by atoms with E-state index in [4.69, 9.17) is 11.6 Å². The molecule has 2 aromatic heterocycles. The third-order valence-corrected chi connectivity index (χ3v) is 6.53. The molecule has 5 nitrogen and oxygen atoms in total. The van der Waals surface area contributed by atoms with Gasteiger partial charge in [0.15, 0.2) is 0 Å². The van der Waals surface area contributed by atoms with Gasteiger partial charge in [-0.25, -0.2) is 13.4 Å². The van der Waals surface area contributed by atoms with E-state index in [9.17, 15) is 8.42 Å². The van der Waals surface area contributed by atoms with Crippen molar-refractivity contribution in [3.05, 3.63) is 83.5 Å². The molecule has 2 heterocycles. The molecular weight excluding hydrogens is 414 g/mol. The predicted octanol–water partition coefficient (Wildman–Crippen LogP) is 5.33. The maximum absolute atomic E-state index is 12.5. The summed E-state index contributed by atoms with van der Waals surface area (Å²) in [5, 5.41) is 3.37. The molecule has 0 atom stereocenters. The highest BCUT2D eigenvalue weighted by Crippen LogP contribution is 2.29. The summed E-state index contributed by atoms with van der Waals surface area (Å²) in [6.45, 7) is 0. The second kappa shape index (κ2) is 7.71. The lowest BCUT2D eigenvalue weighted by Crippen LogP contribution is -2.12. The summed E-state index contributed by atoms with van der Waals surface area (Å²) in [4.78, 5) is 8.82. The molecule has 0 aliphatic rings. The second-order valence-electron chi connectivity index (χ2n) is 5.91. The third-order valence-electron chi connectivity index (χ3n) is 3.99. The minimum absolute atomic E-state index is 0.155. The van der Waals surface area contributed by atoms with Gasteiger partial charge in [0.05, 0.1) is 10.6 Å². The molecular formula is C20H14ClN3O2S2. The number of nitrogens with one attached hydrogen (secondary N) is 1. The Kier molecular flexibility index (Phi) is 5.13. The summed E-state index contributed by atoms with van der Waals surface area (Å²) >= 11 is 7.36. The molecule has 0 saturated heterocycles. The van der Waals surface area contributed by atoms with Crippen molar-refractivity contribution < 1.29 is 8.42 Å². The van der Waals surface area contributed by atoms with Gasteiger partial charge < -0.3 is 0 Å². The molecule has 0 unspecified atom stereocenters. The Morgan fingerprint density at radius 1 is 0.857 bits per heavy atom. The first-order chi connectivity index (χ1) is 13.5. The van der Waals surface area contributed by atoms with Crippen LogP contribution in [0.15, 0.2) is 83.3 Å². The first kappa shape index (κ1) is 18.6. The van der Waals surface area contributed by atoms with Crippen LogP contribution in [-0.4, -0.2) is 18.4 Å². The van der Waals surface area contributed by atoms with Crippen LogP contribution >= 0.6 is 22.9 Å². The molecule has 0 aliphatic carbocycles. The highest BCUT2D eigenvalue weighted by atomic mass is 35.5. The summed E-state index contributed by atoms with van der Waals surface area (Å²) in [5.74, 6) is 0. The third kappa shape index (κ3) is 4.06. The number of anilines is 1. The number of sulfonamides is 1. The van der Waals surface area contributed by atoms with Crippen molar-refractivity contribution in [2.75, 3.05) is 4.72 Å². The van der Waals surface area contributed by atoms with Crippen molar-refractivity contribution in [3.63, 3.8) is 0 Å². The van der Waals surface area contributed by atoms with E-state index in [-0.39, 0.29) is 4.90 Å². The zero-order chi connectivity index (χ0) is 19.6. The molecule has 0 amide bonds. The number of hydrogen-bond acceptors (Lipinski definition) is 5. The topological polar surface area (TPSA) is 72.0 Å². The van der Waals surface area contributed by atoms with Crippen LogP contribution in [-0.2, 0) is 10.0 Å². The Balaban J connectivity index is 1.53. The van der Waals surface area contributed by atoms with Crippen molar-refractivity contribution in [2.24, 2.45) is 0 Å². The van der Waals surface area contributed by atoms with E-state index in [0.717, 1.165) is 21.8 Å². The Bertz CT molecular complexity index is 1190. The number of rotatable bonds is 5. The van der Waals surface area contributed by atoms with Gasteiger partial charge in [0.2, 0.25) is 0 Å². The van der Waals surface area contributed by atoms with Crippen molar-refractivity contribution in [3.8, 4) is 21.8 Å². The van der Waals surface area contributed by atoms with Crippen LogP contribution in [0.2, 0.25) is 5.02 Å². The van der Waals surface area contributed by atoms with Crippen LogP contribution < -0.4 is 4.72 Å². The summed E-state index contributed by atoms with van der Waals surface area (Å²) in [7, 11) is -3.67. The standard InChI is InChI=1S/C20H14ClN3O2S2/c21-16-3-7-18(8-4-16)28(25,26)24-17-5-1-14(2-6-17)19-13-27-20(23-19)15-9-11-22-12-10-15/h1-13,24H. The molecule has 0 fully saturated rings. The van der Waals surface area contributed by atoms with Crippen LogP contribution in [0.5, 0.6) is 0 Å². The molecule has 1 N–H and O–H groups in total. The zero-order valence-corrected chi connectivity index (χ0v) is 16.8. The lowest BCUT2D eigenvalue weighted by Gasteiger charge is -2.08. The fourth-order valence-corrected chi connectivity index (χ4v) is 4.59. The zero-order valence-electron chi connectivity index (χ0n) is 14.4. The first-order valence-corrected chi connectivity index (χ1v) is 11.0. The molecule has 0 aliphatic heterocycles. The van der Waals surface area contributed by atoms with Gasteiger partial charge in [-0.1, -0.05) is 23.7 Å². The smallest absolute Gasteiger partial charge is 0.261 e. The van der Waals surface area contributed by atoms with E-state index >= 15 is 0 Å². The minimum atomic E-state index is -3.67. The molecule has 4 rings (SSSR count). The minimum Gasteiger partial charge on any atom is -0.280 e. The Morgan fingerprint density at radius 3 is 2.21 bits per heavy atom. The monoisotopic (exact) mass is 427 g/mol. The van der Waals surface area contributed by atoms with Gasteiger partial charge in [-0.15, -0.1) is 11.3 Å². The summed E-state index contributed by atoms with van der Waals surface area (Å²) in [6, 6.07) is 17.0. The van der Waals surface area contributed by atoms with Gasteiger partial charge in [0, 0.05) is 39.6 Å². The van der Waals surface area contributed by atoms with Crippen molar-refractivity contribution in [1.29, 1.82) is 0 Å². The lowest BCUT2D eigenvalue weighted by molar-refractivity contribution is 0.601. The van der Waals surface area contributed by atoms with Gasteiger partial charge in [-0.3, -0.25) is 9.71 Å². The normalized spacial score (nSPS) is 11.3. The first-order valence-electron chi connectivity index (χ1n) is 8.26. The van der Waals surface area contributed by atoms with Gasteiger partial charge in [-0.2, -0.15) is 0 Å². The van der Waals surface area contributed by atoms with Gasteiger partial charge in [0.1, 0.15) is 5.01 Å². The van der Waals surface area contributed by atoms with Crippen LogP contribution in [0, 0.1) is 0 Å². The van der Waals surface area contributed by atoms with Crippen molar-refractivity contribution in [2.45, 2.75) is 4.90 Å². The molecule has 28 heavy (non-hydrogen) atoms. The van der Waals surface area contributed by atoms with E-state index in [1.807, 2.05) is 29.6 Å². The number of nitrogens with zero attached hydrogens (tertiary/aromatic N) is 2. The van der Waals surface area contributed by atoms with E-state index in [0.29, 0.717) is 10.7 Å². The SMILES string of the molecule is O=S(=O)(Nc1ccc(-c2csc(-c3ccncc3)n2)cc1)c1ccc(Cl)cc1. The van der Waals surface area contributed by atoms with Gasteiger partial charge in [0.25, 0.3) is 10.0 Å². The quantitative estimate of drug-likeness (QED) is 0.467. The fraction of sp³-hybridized carbons (Fsp3) is 0. The second-order valence-corrected chi connectivity index (χ2v) is 8.89. The fourth-order valence-electron chi connectivity index (χ4n) is 2.57. The number of halogens is 1. The highest BCUT2D eigenvalue weighted by molar-refractivity contribution is 7.92. The van der Waals surface area contributed by atoms with Gasteiger partial charge >= 0.3 is 0 Å². The molecule has 0 bridgehead atoms. The average molecular weight is 428 g/mol. The van der Waals surface area contributed by atoms with Crippen molar-refractivity contribution in [1.82, 2.24) is 9.97 Å². The van der Waals surface area contributed by atoms with Crippen LogP contribution in [0.25, 0.3) is 21.8 Å². The predicted molar refractivity (Wildman–Crippen MR) is 113 cm³/mol. The molecule has 4 aromatic rings. The van der Waals surface area contributed by atoms with E-state index in [2.05, 4.69) is 14.7 Å². The van der Waals surface area contributed by atoms with Crippen LogP contribution in [0.1, 0.15) is 0 Å². The van der Waals surface area contributed by atoms with Crippen LogP contribution in [0.4, 0.5) is 5.69 Å². The number of hydrogen-bond donors (Lipinski definition) is 1. The largest absolute Gasteiger partial charge is 0.280 e. The summed E-state index contributed by atoms with van der Waals surface area (Å²) < 4.78 is 27.5. The molecule has 2 aromatic carbocycles. The number of pyridine rings is 1. The Morgan fingerprint density at radius 2 is 1.54 bits per heavy atom. The molecule has 0 spiro atoms. The maximum Gasteiger partial charge on any atom is 0.261 e. The highest BCUT2D eigenvalue weighted by Gasteiger charge is 2.14. The van der Waals surface area contributed by atoms with Crippen LogP contribution in [0.3, 0.4) is 0 Å².